The third-order valence-electron chi connectivity index (χ3n) is 7.74. The lowest BCUT2D eigenvalue weighted by molar-refractivity contribution is -0.152. The molecule has 0 amide bonds. The summed E-state index contributed by atoms with van der Waals surface area (Å²) in [4.78, 5) is 28.3. The van der Waals surface area contributed by atoms with Crippen molar-refractivity contribution >= 4 is 17.0 Å². The fourth-order valence-electron chi connectivity index (χ4n) is 6.12. The summed E-state index contributed by atoms with van der Waals surface area (Å²) < 4.78 is 31.4. The number of hydrogen-bond donors (Lipinski definition) is 2. The number of hydrogen-bond acceptors (Lipinski definition) is 5. The van der Waals surface area contributed by atoms with Gasteiger partial charge in [-0.3, -0.25) is 9.48 Å². The molecule has 7 rings (SSSR count). The molecular formula is C25H24F2N6O2. The van der Waals surface area contributed by atoms with E-state index in [0.717, 1.165) is 31.9 Å². The molecule has 3 fully saturated rings. The quantitative estimate of drug-likeness (QED) is 0.441. The first-order valence-corrected chi connectivity index (χ1v) is 11.8. The molecular weight excluding hydrogens is 454 g/mol. The second-order valence-electron chi connectivity index (χ2n) is 9.72. The molecule has 4 heterocycles. The number of rotatable bonds is 5. The van der Waals surface area contributed by atoms with Crippen LogP contribution in [0.25, 0.3) is 33.7 Å². The summed E-state index contributed by atoms with van der Waals surface area (Å²) in [7, 11) is 1.73. The molecule has 35 heavy (non-hydrogen) atoms. The van der Waals surface area contributed by atoms with Crippen LogP contribution in [0.4, 0.5) is 8.78 Å². The van der Waals surface area contributed by atoms with Gasteiger partial charge in [0.15, 0.2) is 11.6 Å². The van der Waals surface area contributed by atoms with E-state index in [1.807, 2.05) is 0 Å². The van der Waals surface area contributed by atoms with E-state index in [9.17, 15) is 14.3 Å². The number of carboxylic acid groups (broad SMARTS) is 1. The molecule has 4 aromatic rings. The monoisotopic (exact) mass is 478 g/mol. The van der Waals surface area contributed by atoms with Crippen LogP contribution in [0.5, 0.6) is 0 Å². The van der Waals surface area contributed by atoms with Gasteiger partial charge in [-0.05, 0) is 55.9 Å². The number of aromatic amines is 1. The van der Waals surface area contributed by atoms with E-state index in [0.29, 0.717) is 22.2 Å². The molecule has 0 radical (unpaired) electrons. The molecule has 3 aliphatic carbocycles. The molecule has 2 atom stereocenters. The highest BCUT2D eigenvalue weighted by molar-refractivity contribution is 5.91. The van der Waals surface area contributed by atoms with Crippen LogP contribution in [0.2, 0.25) is 0 Å². The van der Waals surface area contributed by atoms with E-state index in [1.54, 1.807) is 24.1 Å². The highest BCUT2D eigenvalue weighted by atomic mass is 19.1. The Morgan fingerprint density at radius 1 is 1.17 bits per heavy atom. The number of aliphatic carboxylic acids is 1. The van der Waals surface area contributed by atoms with Gasteiger partial charge in [0.05, 0.1) is 24.0 Å². The van der Waals surface area contributed by atoms with E-state index < -0.39 is 23.5 Å². The van der Waals surface area contributed by atoms with Crippen molar-refractivity contribution in [1.82, 2.24) is 29.7 Å². The molecule has 0 aliphatic heterocycles. The molecule has 180 valence electrons. The highest BCUT2D eigenvalue weighted by Gasteiger charge is 2.47. The molecule has 8 nitrogen and oxygen atoms in total. The van der Waals surface area contributed by atoms with Crippen LogP contribution >= 0.6 is 0 Å². The Labute approximate surface area is 199 Å². The Morgan fingerprint density at radius 2 is 1.94 bits per heavy atom. The summed E-state index contributed by atoms with van der Waals surface area (Å²) in [6, 6.07) is 1.34. The zero-order valence-corrected chi connectivity index (χ0v) is 19.1. The average Bonchev–Trinajstić information content (AvgIpc) is 3.46. The van der Waals surface area contributed by atoms with Crippen LogP contribution in [0.3, 0.4) is 0 Å². The Kier molecular flexibility index (Phi) is 5.12. The molecule has 3 saturated carbocycles. The summed E-state index contributed by atoms with van der Waals surface area (Å²) in [5.74, 6) is -2.02. The average molecular weight is 479 g/mol. The highest BCUT2D eigenvalue weighted by Crippen LogP contribution is 2.50. The Balaban J connectivity index is 1.50. The van der Waals surface area contributed by atoms with Gasteiger partial charge < -0.3 is 10.1 Å². The van der Waals surface area contributed by atoms with Crippen LogP contribution in [-0.2, 0) is 18.3 Å². The number of carboxylic acids is 1. The molecule has 2 bridgehead atoms. The van der Waals surface area contributed by atoms with Crippen LogP contribution in [0, 0.1) is 35.3 Å². The maximum Gasteiger partial charge on any atom is 0.307 e. The van der Waals surface area contributed by atoms with Crippen molar-refractivity contribution in [3.05, 3.63) is 48.2 Å². The lowest BCUT2D eigenvalue weighted by atomic mass is 9.57. The van der Waals surface area contributed by atoms with Gasteiger partial charge in [0.25, 0.3) is 0 Å². The largest absolute Gasteiger partial charge is 0.481 e. The maximum absolute atomic E-state index is 15.9. The van der Waals surface area contributed by atoms with Crippen molar-refractivity contribution in [2.45, 2.75) is 32.1 Å². The number of pyridine rings is 1. The molecule has 3 aliphatic rings. The van der Waals surface area contributed by atoms with Crippen molar-refractivity contribution in [3.63, 3.8) is 0 Å². The minimum atomic E-state index is -0.815. The van der Waals surface area contributed by atoms with Gasteiger partial charge in [-0.15, -0.1) is 0 Å². The van der Waals surface area contributed by atoms with Crippen LogP contribution in [-0.4, -0.2) is 40.8 Å². The predicted molar refractivity (Wildman–Crippen MR) is 123 cm³/mol. The van der Waals surface area contributed by atoms with Crippen LogP contribution in [0.1, 0.15) is 31.4 Å². The molecule has 0 unspecified atom stereocenters. The first-order chi connectivity index (χ1) is 16.9. The maximum atomic E-state index is 15.9. The minimum Gasteiger partial charge on any atom is -0.481 e. The fraction of sp³-hybridized carbons (Fsp3) is 0.400. The predicted octanol–water partition coefficient (Wildman–Crippen LogP) is 4.38. The normalized spacial score (nSPS) is 23.7. The third-order valence-corrected chi connectivity index (χ3v) is 7.74. The number of carbonyl (C=O) groups is 1. The first kappa shape index (κ1) is 21.8. The van der Waals surface area contributed by atoms with Crippen molar-refractivity contribution in [3.8, 4) is 22.6 Å². The van der Waals surface area contributed by atoms with Gasteiger partial charge in [-0.25, -0.2) is 23.7 Å². The number of aryl methyl sites for hydroxylation is 1. The number of nitrogens with zero attached hydrogens (tertiary/aromatic N) is 5. The standard InChI is InChI=1S/C25H24F2N6O2/c1-33-11-14(8-30-33)22-21(27)19(7-16-12-2-4-13(5-3-12)20(16)25(34)35)31-24(32-22)18-10-29-23-17(18)6-15(26)9-28-23/h6,8-13,16,20H,2-5,7H2,1H3,(H,28,29)(H,34,35)/t12?,13?,16-,20-/m0/s1. The number of halogens is 2. The first-order valence-electron chi connectivity index (χ1n) is 11.8. The smallest absolute Gasteiger partial charge is 0.307 e. The van der Waals surface area contributed by atoms with Gasteiger partial charge >= 0.3 is 5.97 Å². The Hall–Kier alpha value is -3.69. The summed E-state index contributed by atoms with van der Waals surface area (Å²) in [6.07, 6.45) is 9.88. The fourth-order valence-corrected chi connectivity index (χ4v) is 6.12. The molecule has 4 aromatic heterocycles. The summed E-state index contributed by atoms with van der Waals surface area (Å²) >= 11 is 0. The lowest BCUT2D eigenvalue weighted by Crippen LogP contribution is -2.45. The second-order valence-corrected chi connectivity index (χ2v) is 9.72. The van der Waals surface area contributed by atoms with Crippen LogP contribution in [0.15, 0.2) is 30.9 Å². The summed E-state index contributed by atoms with van der Waals surface area (Å²) in [5, 5.41) is 14.6. The summed E-state index contributed by atoms with van der Waals surface area (Å²) in [5.41, 5.74) is 1.72. The number of nitrogens with one attached hydrogen (secondary N) is 1. The van der Waals surface area contributed by atoms with Crippen molar-refractivity contribution < 1.29 is 18.7 Å². The number of aromatic nitrogens is 6. The molecule has 2 N–H and O–H groups in total. The molecule has 10 heteroatoms. The molecule has 0 aromatic carbocycles. The van der Waals surface area contributed by atoms with Gasteiger partial charge in [0.2, 0.25) is 0 Å². The Morgan fingerprint density at radius 3 is 2.66 bits per heavy atom. The summed E-state index contributed by atoms with van der Waals surface area (Å²) in [6.45, 7) is 0. The van der Waals surface area contributed by atoms with Gasteiger partial charge in [-0.1, -0.05) is 0 Å². The van der Waals surface area contributed by atoms with Crippen molar-refractivity contribution in [2.24, 2.45) is 30.7 Å². The van der Waals surface area contributed by atoms with Crippen LogP contribution < -0.4 is 0 Å². The third kappa shape index (κ3) is 3.67. The second kappa shape index (κ2) is 8.21. The minimum absolute atomic E-state index is 0.0876. The molecule has 0 saturated heterocycles. The zero-order valence-electron chi connectivity index (χ0n) is 19.1. The molecule has 0 spiro atoms. The van der Waals surface area contributed by atoms with E-state index >= 15 is 4.39 Å². The van der Waals surface area contributed by atoms with E-state index in [-0.39, 0.29) is 41.4 Å². The topological polar surface area (TPSA) is 110 Å². The van der Waals surface area contributed by atoms with Gasteiger partial charge in [0, 0.05) is 36.0 Å². The SMILES string of the molecule is Cn1cc(-c2nc(-c3c[nH]c4ncc(F)cc34)nc(C[C@H]3C4CCC(CC4)[C@@H]3C(=O)O)c2F)cn1. The number of fused-ring (bicyclic) bond motifs is 4. The van der Waals surface area contributed by atoms with Crippen molar-refractivity contribution in [1.29, 1.82) is 0 Å². The van der Waals surface area contributed by atoms with Gasteiger partial charge in [0.1, 0.15) is 17.2 Å². The van der Waals surface area contributed by atoms with E-state index in [2.05, 4.69) is 25.0 Å². The zero-order chi connectivity index (χ0) is 24.3. The van der Waals surface area contributed by atoms with E-state index in [1.165, 1.54) is 12.3 Å². The number of H-pyrrole nitrogens is 1. The van der Waals surface area contributed by atoms with Crippen molar-refractivity contribution in [2.75, 3.05) is 0 Å². The van der Waals surface area contributed by atoms with Gasteiger partial charge in [-0.2, -0.15) is 5.10 Å². The lowest BCUT2D eigenvalue weighted by Gasteiger charge is -2.46. The van der Waals surface area contributed by atoms with E-state index in [4.69, 9.17) is 0 Å². The Bertz CT molecular complexity index is 1440.